The van der Waals surface area contributed by atoms with Gasteiger partial charge in [-0.05, 0) is 44.9 Å². The summed E-state index contributed by atoms with van der Waals surface area (Å²) in [6, 6.07) is 0.0632. The van der Waals surface area contributed by atoms with Crippen LogP contribution in [0.25, 0.3) is 0 Å². The third kappa shape index (κ3) is 4.12. The number of hydrogen-bond acceptors (Lipinski definition) is 3. The Bertz CT molecular complexity index is 565. The lowest BCUT2D eigenvalue weighted by atomic mass is 9.97. The number of nitrogens with zero attached hydrogens (tertiary/aromatic N) is 4. The average Bonchev–Trinajstić information content (AvgIpc) is 3.02. The number of carbonyl (C=O) groups excluding carboxylic acids is 1. The lowest BCUT2D eigenvalue weighted by Gasteiger charge is -2.32. The van der Waals surface area contributed by atoms with Crippen molar-refractivity contribution < 1.29 is 4.79 Å². The summed E-state index contributed by atoms with van der Waals surface area (Å²) in [5, 5.41) is 11.2. The molecule has 1 unspecified atom stereocenters. The van der Waals surface area contributed by atoms with Crippen LogP contribution in [-0.4, -0.2) is 45.3 Å². The molecule has 2 heterocycles. The van der Waals surface area contributed by atoms with Gasteiger partial charge in [0, 0.05) is 32.6 Å². The molecule has 0 bridgehead atoms. The molecular weight excluding hydrogens is 290 g/mol. The highest BCUT2D eigenvalue weighted by Gasteiger charge is 2.27. The van der Waals surface area contributed by atoms with Crippen LogP contribution in [0.2, 0.25) is 0 Å². The van der Waals surface area contributed by atoms with Crippen LogP contribution in [0.5, 0.6) is 0 Å². The highest BCUT2D eigenvalue weighted by Crippen LogP contribution is 2.25. The van der Waals surface area contributed by atoms with Crippen LogP contribution in [0.3, 0.4) is 0 Å². The maximum absolute atomic E-state index is 12.4. The van der Waals surface area contributed by atoms with E-state index in [-0.39, 0.29) is 6.03 Å². The molecule has 6 heteroatoms. The van der Waals surface area contributed by atoms with Crippen LogP contribution in [0.4, 0.5) is 4.79 Å². The number of allylic oxidation sites excluding steroid dienone is 1. The first kappa shape index (κ1) is 16.0. The summed E-state index contributed by atoms with van der Waals surface area (Å²) in [7, 11) is 1.96. The molecule has 1 fully saturated rings. The fourth-order valence-corrected chi connectivity index (χ4v) is 3.61. The number of aryl methyl sites for hydroxylation is 1. The quantitative estimate of drug-likeness (QED) is 0.868. The molecular formula is C17H27N5O. The molecule has 0 radical (unpaired) electrons. The molecule has 1 aliphatic carbocycles. The Balaban J connectivity index is 1.47. The number of aromatic nitrogens is 3. The highest BCUT2D eigenvalue weighted by atomic mass is 16.2. The van der Waals surface area contributed by atoms with Gasteiger partial charge in [0.1, 0.15) is 12.2 Å². The van der Waals surface area contributed by atoms with Gasteiger partial charge < -0.3 is 14.8 Å². The second-order valence-corrected chi connectivity index (χ2v) is 6.68. The van der Waals surface area contributed by atoms with Gasteiger partial charge in [-0.3, -0.25) is 0 Å². The topological polar surface area (TPSA) is 63.1 Å². The van der Waals surface area contributed by atoms with E-state index in [2.05, 4.69) is 21.6 Å². The van der Waals surface area contributed by atoms with Crippen molar-refractivity contribution in [3.8, 4) is 0 Å². The largest absolute Gasteiger partial charge is 0.338 e. The molecule has 6 nitrogen and oxygen atoms in total. The normalized spacial score (nSPS) is 21.9. The standard InChI is InChI=1S/C17H27N5O/c1-21-13-19-20-16(21)15-8-5-11-22(12-15)17(23)18-10-9-14-6-3-2-4-7-14/h6,13,15H,2-5,7-12H2,1H3,(H,18,23). The fraction of sp³-hybridized carbons (Fsp3) is 0.706. The van der Waals surface area contributed by atoms with Crippen LogP contribution < -0.4 is 5.32 Å². The van der Waals surface area contributed by atoms with E-state index in [9.17, 15) is 4.79 Å². The van der Waals surface area contributed by atoms with Crippen molar-refractivity contribution in [2.75, 3.05) is 19.6 Å². The number of piperidine rings is 1. The van der Waals surface area contributed by atoms with Crippen molar-refractivity contribution in [2.45, 2.75) is 50.9 Å². The fourth-order valence-electron chi connectivity index (χ4n) is 3.61. The van der Waals surface area contributed by atoms with Crippen LogP contribution in [0.1, 0.15) is 56.7 Å². The van der Waals surface area contributed by atoms with E-state index in [1.807, 2.05) is 16.5 Å². The minimum atomic E-state index is 0.0632. The van der Waals surface area contributed by atoms with E-state index in [1.54, 1.807) is 6.33 Å². The van der Waals surface area contributed by atoms with Crippen molar-refractivity contribution in [3.05, 3.63) is 23.8 Å². The Morgan fingerprint density at radius 3 is 3.04 bits per heavy atom. The molecule has 3 rings (SSSR count). The van der Waals surface area contributed by atoms with Gasteiger partial charge in [0.2, 0.25) is 0 Å². The molecule has 2 amide bonds. The van der Waals surface area contributed by atoms with Crippen LogP contribution in [0, 0.1) is 0 Å². The molecule has 0 aromatic carbocycles. The summed E-state index contributed by atoms with van der Waals surface area (Å²) < 4.78 is 1.96. The highest BCUT2D eigenvalue weighted by molar-refractivity contribution is 5.74. The smallest absolute Gasteiger partial charge is 0.317 e. The van der Waals surface area contributed by atoms with Gasteiger partial charge in [-0.2, -0.15) is 0 Å². The van der Waals surface area contributed by atoms with E-state index in [0.29, 0.717) is 5.92 Å². The molecule has 1 N–H and O–H groups in total. The maximum Gasteiger partial charge on any atom is 0.317 e. The van der Waals surface area contributed by atoms with E-state index in [4.69, 9.17) is 0 Å². The number of likely N-dealkylation sites (tertiary alicyclic amines) is 1. The van der Waals surface area contributed by atoms with Crippen molar-refractivity contribution in [2.24, 2.45) is 7.05 Å². The summed E-state index contributed by atoms with van der Waals surface area (Å²) in [6.07, 6.45) is 12.2. The van der Waals surface area contributed by atoms with Crippen LogP contribution in [-0.2, 0) is 7.05 Å². The third-order valence-corrected chi connectivity index (χ3v) is 4.93. The Kier molecular flexibility index (Phi) is 5.31. The number of carbonyl (C=O) groups is 1. The molecule has 126 valence electrons. The summed E-state index contributed by atoms with van der Waals surface area (Å²) in [4.78, 5) is 14.3. The van der Waals surface area contributed by atoms with Gasteiger partial charge in [-0.25, -0.2) is 4.79 Å². The van der Waals surface area contributed by atoms with E-state index in [0.717, 1.165) is 44.7 Å². The van der Waals surface area contributed by atoms with Crippen molar-refractivity contribution >= 4 is 6.03 Å². The molecule has 1 saturated heterocycles. The number of rotatable bonds is 4. The molecule has 0 saturated carbocycles. The SMILES string of the molecule is Cn1cnnc1C1CCCN(C(=O)NCCC2=CCCCC2)C1. The molecule has 1 aromatic rings. The van der Waals surface area contributed by atoms with Crippen LogP contribution in [0.15, 0.2) is 18.0 Å². The van der Waals surface area contributed by atoms with E-state index < -0.39 is 0 Å². The monoisotopic (exact) mass is 317 g/mol. The van der Waals surface area contributed by atoms with Gasteiger partial charge in [0.05, 0.1) is 0 Å². The zero-order valence-corrected chi connectivity index (χ0v) is 14.0. The second kappa shape index (κ2) is 7.62. The summed E-state index contributed by atoms with van der Waals surface area (Å²) >= 11 is 0. The number of amides is 2. The van der Waals surface area contributed by atoms with Crippen molar-refractivity contribution in [3.63, 3.8) is 0 Å². The zero-order chi connectivity index (χ0) is 16.1. The predicted octanol–water partition coefficient (Wildman–Crippen LogP) is 2.59. The van der Waals surface area contributed by atoms with Crippen molar-refractivity contribution in [1.82, 2.24) is 25.0 Å². The molecule has 1 atom stereocenters. The molecule has 1 aliphatic heterocycles. The molecule has 1 aromatic heterocycles. The Labute approximate surface area is 138 Å². The second-order valence-electron chi connectivity index (χ2n) is 6.68. The number of urea groups is 1. The van der Waals surface area contributed by atoms with Gasteiger partial charge >= 0.3 is 6.03 Å². The Hall–Kier alpha value is -1.85. The average molecular weight is 317 g/mol. The van der Waals surface area contributed by atoms with E-state index in [1.165, 1.54) is 31.3 Å². The lowest BCUT2D eigenvalue weighted by molar-refractivity contribution is 0.178. The van der Waals surface area contributed by atoms with Gasteiger partial charge in [-0.15, -0.1) is 10.2 Å². The van der Waals surface area contributed by atoms with Gasteiger partial charge in [-0.1, -0.05) is 11.6 Å². The van der Waals surface area contributed by atoms with Gasteiger partial charge in [0.25, 0.3) is 0 Å². The lowest BCUT2D eigenvalue weighted by Crippen LogP contribution is -2.45. The number of hydrogen-bond donors (Lipinski definition) is 1. The predicted molar refractivity (Wildman–Crippen MR) is 89.1 cm³/mol. The molecule has 23 heavy (non-hydrogen) atoms. The first-order valence-electron chi connectivity index (χ1n) is 8.78. The maximum atomic E-state index is 12.4. The zero-order valence-electron chi connectivity index (χ0n) is 14.0. The first-order chi connectivity index (χ1) is 11.2. The third-order valence-electron chi connectivity index (χ3n) is 4.93. The Morgan fingerprint density at radius 1 is 1.39 bits per heavy atom. The van der Waals surface area contributed by atoms with Crippen molar-refractivity contribution in [1.29, 1.82) is 0 Å². The summed E-state index contributed by atoms with van der Waals surface area (Å²) in [6.45, 7) is 2.32. The molecule has 0 spiro atoms. The Morgan fingerprint density at radius 2 is 2.30 bits per heavy atom. The number of nitrogens with one attached hydrogen (secondary N) is 1. The summed E-state index contributed by atoms with van der Waals surface area (Å²) in [5.74, 6) is 1.28. The van der Waals surface area contributed by atoms with Gasteiger partial charge in [0.15, 0.2) is 0 Å². The van der Waals surface area contributed by atoms with Crippen LogP contribution >= 0.6 is 0 Å². The van der Waals surface area contributed by atoms with E-state index >= 15 is 0 Å². The summed E-state index contributed by atoms with van der Waals surface area (Å²) in [5.41, 5.74) is 1.51. The first-order valence-corrected chi connectivity index (χ1v) is 8.78. The molecule has 2 aliphatic rings. The minimum absolute atomic E-state index is 0.0632. The minimum Gasteiger partial charge on any atom is -0.338 e.